The number of aromatic nitrogens is 2. The zero-order valence-electron chi connectivity index (χ0n) is 15.0. The average molecular weight is 407 g/mol. The molecule has 0 bridgehead atoms. The number of aliphatic hydroxyl groups excluding tert-OH is 2. The van der Waals surface area contributed by atoms with Crippen LogP contribution < -0.4 is 11.3 Å². The van der Waals surface area contributed by atoms with Crippen LogP contribution in [0.3, 0.4) is 0 Å². The van der Waals surface area contributed by atoms with Crippen LogP contribution in [-0.4, -0.2) is 78.8 Å². The number of carbonyl (C=O) groups excluding carboxylic acids is 1. The summed E-state index contributed by atoms with van der Waals surface area (Å²) in [5.41, 5.74) is 2.46. The van der Waals surface area contributed by atoms with E-state index in [0.717, 1.165) is 16.8 Å². The van der Waals surface area contributed by atoms with Gasteiger partial charge in [-0.15, -0.1) is 0 Å². The lowest BCUT2D eigenvalue weighted by molar-refractivity contribution is -0.250. The number of nitrogens with zero attached hydrogens (tertiary/aromatic N) is 1. The summed E-state index contributed by atoms with van der Waals surface area (Å²) >= 11 is 4.91. The number of aliphatic hydroxyl groups is 2. The third-order valence-corrected chi connectivity index (χ3v) is 4.71. The minimum atomic E-state index is -3.57. The maximum Gasteiger partial charge on any atom is 0.322 e. The molecule has 5 N–H and O–H groups in total. The molecule has 1 aliphatic heterocycles. The highest BCUT2D eigenvalue weighted by Gasteiger charge is 2.68. The third-order valence-electron chi connectivity index (χ3n) is 4.41. The second kappa shape index (κ2) is 7.41. The lowest BCUT2D eigenvalue weighted by atomic mass is 9.59. The highest BCUT2D eigenvalue weighted by molar-refractivity contribution is 7.71. The number of halogens is 1. The zero-order valence-corrected chi connectivity index (χ0v) is 15.9. The van der Waals surface area contributed by atoms with Crippen LogP contribution in [0.5, 0.6) is 0 Å². The molecule has 0 aromatic carbocycles. The molecule has 6 radical (unpaired) electrons. The number of esters is 1. The largest absolute Gasteiger partial charge is 0.473 e. The Morgan fingerprint density at radius 3 is 2.57 bits per heavy atom. The monoisotopic (exact) mass is 407 g/mol. The summed E-state index contributed by atoms with van der Waals surface area (Å²) in [6.45, 7) is 3.19. The zero-order chi connectivity index (χ0) is 21.7. The molecular weight excluding hydrogens is 390 g/mol. The fourth-order valence-electron chi connectivity index (χ4n) is 2.56. The van der Waals surface area contributed by atoms with E-state index in [-0.39, 0.29) is 4.77 Å². The van der Waals surface area contributed by atoms with Crippen molar-refractivity contribution in [2.75, 3.05) is 0 Å². The number of H-pyrrole nitrogens is 1. The van der Waals surface area contributed by atoms with E-state index < -0.39 is 52.6 Å². The number of hydrogen-bond donors (Lipinski definition) is 4. The highest BCUT2D eigenvalue weighted by Crippen LogP contribution is 2.46. The molecule has 0 saturated carbocycles. The molecule has 1 saturated heterocycles. The van der Waals surface area contributed by atoms with Gasteiger partial charge in [-0.3, -0.25) is 14.6 Å². The van der Waals surface area contributed by atoms with Crippen LogP contribution in [0.1, 0.15) is 13.8 Å². The fraction of sp³-hybridized carbons (Fsp3) is 0.643. The van der Waals surface area contributed by atoms with Crippen LogP contribution >= 0.6 is 12.2 Å². The summed E-state index contributed by atoms with van der Waals surface area (Å²) in [5.74, 6) is -5.14. The number of nitrogens with two attached hydrogens (primary N) is 1. The smallest absolute Gasteiger partial charge is 0.322 e. The second-order valence-electron chi connectivity index (χ2n) is 6.85. The summed E-state index contributed by atoms with van der Waals surface area (Å²) in [4.78, 5) is 25.6. The van der Waals surface area contributed by atoms with Crippen molar-refractivity contribution in [1.29, 1.82) is 0 Å². The van der Waals surface area contributed by atoms with Crippen molar-refractivity contribution in [3.8, 4) is 0 Å². The van der Waals surface area contributed by atoms with E-state index >= 15 is 4.39 Å². The number of carbonyl (C=O) groups is 1. The molecule has 2 rings (SSSR count). The second-order valence-corrected chi connectivity index (χ2v) is 7.24. The molecule has 146 valence electrons. The van der Waals surface area contributed by atoms with E-state index in [1.807, 2.05) is 0 Å². The van der Waals surface area contributed by atoms with Crippen molar-refractivity contribution < 1.29 is 28.9 Å². The number of alkyl halides is 1. The van der Waals surface area contributed by atoms with Gasteiger partial charge in [-0.25, -0.2) is 4.39 Å². The molecule has 1 fully saturated rings. The molecule has 5 atom stereocenters. The molecule has 28 heavy (non-hydrogen) atoms. The minimum absolute atomic E-state index is 0.357. The van der Waals surface area contributed by atoms with E-state index in [1.54, 1.807) is 13.8 Å². The van der Waals surface area contributed by atoms with Gasteiger partial charge in [0.2, 0.25) is 0 Å². The summed E-state index contributed by atoms with van der Waals surface area (Å²) in [6.07, 6.45) is -3.65. The number of hydrogen-bond acceptors (Lipinski definition) is 8. The van der Waals surface area contributed by atoms with Gasteiger partial charge in [-0.2, -0.15) is 0 Å². The van der Waals surface area contributed by atoms with Crippen LogP contribution in [0.4, 0.5) is 4.39 Å². The Morgan fingerprint density at radius 2 is 2.07 bits per heavy atom. The van der Waals surface area contributed by atoms with Gasteiger partial charge in [-0.05, 0) is 18.1 Å². The molecule has 0 spiro atoms. The topological polar surface area (TPSA) is 140 Å². The predicted molar refractivity (Wildman–Crippen MR) is 99.7 cm³/mol. The van der Waals surface area contributed by atoms with Gasteiger partial charge in [0.05, 0.1) is 5.40 Å². The first-order valence-corrected chi connectivity index (χ1v) is 8.51. The SMILES string of the molecule is [B]C([B])(OC(=O)[C@@H](N)C(C)C)[C@@]1(F)O[C@@]([B])(n2ccc(=O)[nH]c2=S)[C@H](O)[C@@H]1O. The minimum Gasteiger partial charge on any atom is -0.473 e. The maximum absolute atomic E-state index is 15.6. The van der Waals surface area contributed by atoms with Gasteiger partial charge in [0, 0.05) is 12.3 Å². The summed E-state index contributed by atoms with van der Waals surface area (Å²) in [6, 6.07) is -0.237. The van der Waals surface area contributed by atoms with Crippen molar-refractivity contribution in [1.82, 2.24) is 9.55 Å². The van der Waals surface area contributed by atoms with Crippen molar-refractivity contribution in [2.45, 2.75) is 49.0 Å². The third kappa shape index (κ3) is 3.59. The lowest BCUT2D eigenvalue weighted by Crippen LogP contribution is -2.62. The van der Waals surface area contributed by atoms with Crippen LogP contribution in [0, 0.1) is 10.7 Å². The number of ether oxygens (including phenoxy) is 2. The van der Waals surface area contributed by atoms with Gasteiger partial charge in [-0.1, -0.05) is 13.8 Å². The first-order valence-electron chi connectivity index (χ1n) is 8.10. The van der Waals surface area contributed by atoms with E-state index in [0.29, 0.717) is 0 Å². The van der Waals surface area contributed by atoms with Crippen molar-refractivity contribution in [2.24, 2.45) is 11.7 Å². The number of rotatable bonds is 5. The van der Waals surface area contributed by atoms with Gasteiger partial charge in [0.1, 0.15) is 47.4 Å². The number of aromatic amines is 1. The van der Waals surface area contributed by atoms with Crippen molar-refractivity contribution in [3.05, 3.63) is 27.4 Å². The van der Waals surface area contributed by atoms with Gasteiger partial charge in [0.15, 0.2) is 4.77 Å². The lowest BCUT2D eigenvalue weighted by Gasteiger charge is -2.41. The Bertz CT molecular complexity index is 882. The Hall–Kier alpha value is -1.47. The van der Waals surface area contributed by atoms with Crippen molar-refractivity contribution in [3.63, 3.8) is 0 Å². The quantitative estimate of drug-likeness (QED) is 0.241. The van der Waals surface area contributed by atoms with Crippen molar-refractivity contribution >= 4 is 41.7 Å². The van der Waals surface area contributed by atoms with Gasteiger partial charge in [0.25, 0.3) is 11.4 Å². The summed E-state index contributed by atoms with van der Waals surface area (Å²) in [7, 11) is 17.0. The van der Waals surface area contributed by atoms with E-state index in [9.17, 15) is 19.8 Å². The normalized spacial score (nSPS) is 31.7. The van der Waals surface area contributed by atoms with Gasteiger partial charge < -0.3 is 30.0 Å². The Morgan fingerprint density at radius 1 is 1.50 bits per heavy atom. The van der Waals surface area contributed by atoms with Crippen LogP contribution in [-0.2, 0) is 19.9 Å². The molecule has 0 aliphatic carbocycles. The van der Waals surface area contributed by atoms with E-state index in [2.05, 4.69) is 4.98 Å². The Labute approximate surface area is 168 Å². The Kier molecular flexibility index (Phi) is 6.04. The molecular formula is C14H17B3FN3O6S. The average Bonchev–Trinajstić information content (AvgIpc) is 2.75. The molecule has 2 heterocycles. The summed E-state index contributed by atoms with van der Waals surface area (Å²) < 4.78 is 25.7. The number of nitrogens with one attached hydrogen (secondary N) is 1. The highest BCUT2D eigenvalue weighted by atomic mass is 32.1. The molecule has 0 unspecified atom stereocenters. The predicted octanol–water partition coefficient (Wildman–Crippen LogP) is -2.38. The van der Waals surface area contributed by atoms with Gasteiger partial charge >= 0.3 is 5.97 Å². The Balaban J connectivity index is 2.44. The fourth-order valence-corrected chi connectivity index (χ4v) is 2.86. The molecule has 14 heteroatoms. The first kappa shape index (κ1) is 22.8. The molecule has 1 aromatic heterocycles. The van der Waals surface area contributed by atoms with E-state index in [1.165, 1.54) is 0 Å². The molecule has 1 aromatic rings. The standard InChI is InChI=1S/C14H17B3FN3O6S/c1-5(2)7(19)10(25)26-14(16,17)12(18)8(23)9(24)13(15,27-12)21-4-3-6(22)20-11(21)28/h3-5,7-9,23-24H,19H2,1-2H3,(H,20,22,28)/t7-,8-,9+,12-,13-/m0/s1. The van der Waals surface area contributed by atoms with E-state index in [4.69, 9.17) is 51.0 Å². The van der Waals surface area contributed by atoms with Crippen LogP contribution in [0.2, 0.25) is 0 Å². The molecule has 0 amide bonds. The molecule has 1 aliphatic rings. The molecule has 9 nitrogen and oxygen atoms in total. The summed E-state index contributed by atoms with van der Waals surface area (Å²) in [5, 5.41) is 17.4. The van der Waals surface area contributed by atoms with Crippen LogP contribution in [0.25, 0.3) is 0 Å². The van der Waals surface area contributed by atoms with Crippen LogP contribution in [0.15, 0.2) is 17.1 Å². The maximum atomic E-state index is 15.6. The first-order chi connectivity index (χ1) is 12.7.